The zero-order valence-corrected chi connectivity index (χ0v) is 18.7. The standard InChI is InChI=1S/C21H21BrClFN2O4/c1-12(27)25-18(9-13-4-3-5-16(24)8-13)20(28)26-19(21(29)30-2)11-14-10-15(23)6-7-17(14)22/h3-8,10,18-19H,9,11H2,1-2H3,(H,25,27)(H,26,28)/t18-,19+/m1/s1. The first kappa shape index (κ1) is 23.8. The molecule has 0 fully saturated rings. The highest BCUT2D eigenvalue weighted by Gasteiger charge is 2.28. The van der Waals surface area contributed by atoms with Gasteiger partial charge >= 0.3 is 5.97 Å². The number of benzene rings is 2. The predicted molar refractivity (Wildman–Crippen MR) is 115 cm³/mol. The molecular weight excluding hydrogens is 479 g/mol. The highest BCUT2D eigenvalue weighted by atomic mass is 79.9. The van der Waals surface area contributed by atoms with E-state index in [2.05, 4.69) is 26.6 Å². The first-order valence-electron chi connectivity index (χ1n) is 9.03. The van der Waals surface area contributed by atoms with Crippen molar-refractivity contribution < 1.29 is 23.5 Å². The van der Waals surface area contributed by atoms with Gasteiger partial charge in [-0.3, -0.25) is 9.59 Å². The van der Waals surface area contributed by atoms with Gasteiger partial charge in [-0.15, -0.1) is 0 Å². The molecular formula is C21H21BrClFN2O4. The second kappa shape index (κ2) is 11.1. The Morgan fingerprint density at radius 1 is 1.10 bits per heavy atom. The number of carbonyl (C=O) groups is 3. The summed E-state index contributed by atoms with van der Waals surface area (Å²) in [5.41, 5.74) is 1.22. The Balaban J connectivity index is 2.22. The Hall–Kier alpha value is -2.45. The van der Waals surface area contributed by atoms with Crippen molar-refractivity contribution in [2.45, 2.75) is 31.8 Å². The van der Waals surface area contributed by atoms with Gasteiger partial charge in [-0.2, -0.15) is 0 Å². The molecule has 0 saturated heterocycles. The SMILES string of the molecule is COC(=O)[C@H](Cc1cc(Cl)ccc1Br)NC(=O)[C@@H](Cc1cccc(F)c1)NC(C)=O. The molecule has 0 aliphatic carbocycles. The molecule has 0 aromatic heterocycles. The van der Waals surface area contributed by atoms with Crippen LogP contribution < -0.4 is 10.6 Å². The van der Waals surface area contributed by atoms with Gasteiger partial charge < -0.3 is 15.4 Å². The molecule has 0 aliphatic heterocycles. The lowest BCUT2D eigenvalue weighted by molar-refractivity contribution is -0.145. The van der Waals surface area contributed by atoms with Crippen LogP contribution in [0.4, 0.5) is 4.39 Å². The summed E-state index contributed by atoms with van der Waals surface area (Å²) in [6.45, 7) is 1.27. The summed E-state index contributed by atoms with van der Waals surface area (Å²) in [6, 6.07) is 8.81. The van der Waals surface area contributed by atoms with Crippen molar-refractivity contribution in [2.75, 3.05) is 7.11 Å². The van der Waals surface area contributed by atoms with E-state index in [1.165, 1.54) is 32.2 Å². The maximum Gasteiger partial charge on any atom is 0.328 e. The van der Waals surface area contributed by atoms with Crippen molar-refractivity contribution >= 4 is 45.3 Å². The average molecular weight is 500 g/mol. The Kier molecular flexibility index (Phi) is 8.80. The van der Waals surface area contributed by atoms with Crippen LogP contribution in [0, 0.1) is 5.82 Å². The van der Waals surface area contributed by atoms with Crippen LogP contribution in [0.5, 0.6) is 0 Å². The number of nitrogens with one attached hydrogen (secondary N) is 2. The van der Waals surface area contributed by atoms with Crippen LogP contribution in [0.25, 0.3) is 0 Å². The zero-order chi connectivity index (χ0) is 22.3. The first-order valence-corrected chi connectivity index (χ1v) is 10.2. The second-order valence-electron chi connectivity index (χ2n) is 6.61. The maximum atomic E-state index is 13.5. The van der Waals surface area contributed by atoms with Crippen molar-refractivity contribution in [3.05, 3.63) is 68.9 Å². The number of hydrogen-bond donors (Lipinski definition) is 2. The molecule has 2 atom stereocenters. The van der Waals surface area contributed by atoms with Crippen molar-refractivity contribution in [1.82, 2.24) is 10.6 Å². The van der Waals surface area contributed by atoms with Crippen molar-refractivity contribution in [1.29, 1.82) is 0 Å². The Morgan fingerprint density at radius 3 is 2.47 bits per heavy atom. The summed E-state index contributed by atoms with van der Waals surface area (Å²) in [7, 11) is 1.21. The van der Waals surface area contributed by atoms with Crippen molar-refractivity contribution in [3.63, 3.8) is 0 Å². The van der Waals surface area contributed by atoms with Gasteiger partial charge in [0, 0.05) is 29.3 Å². The predicted octanol–water partition coefficient (Wildman–Crippen LogP) is 3.19. The van der Waals surface area contributed by atoms with Gasteiger partial charge in [-0.05, 0) is 41.5 Å². The number of esters is 1. The Bertz CT molecular complexity index is 941. The van der Waals surface area contributed by atoms with E-state index < -0.39 is 35.7 Å². The summed E-state index contributed by atoms with van der Waals surface area (Å²) < 4.78 is 19.0. The fourth-order valence-corrected chi connectivity index (χ4v) is 3.48. The molecule has 160 valence electrons. The molecule has 0 aliphatic rings. The maximum absolute atomic E-state index is 13.5. The van der Waals surface area contributed by atoms with Crippen LogP contribution in [0.3, 0.4) is 0 Å². The molecule has 2 aromatic rings. The summed E-state index contributed by atoms with van der Waals surface area (Å²) in [5.74, 6) is -2.13. The first-order chi connectivity index (χ1) is 14.2. The monoisotopic (exact) mass is 498 g/mol. The number of carbonyl (C=O) groups excluding carboxylic acids is 3. The number of methoxy groups -OCH3 is 1. The average Bonchev–Trinajstić information content (AvgIpc) is 2.68. The van der Waals surface area contributed by atoms with E-state index in [1.54, 1.807) is 24.3 Å². The van der Waals surface area contributed by atoms with E-state index in [9.17, 15) is 18.8 Å². The summed E-state index contributed by atoms with van der Waals surface area (Å²) in [5, 5.41) is 5.63. The van der Waals surface area contributed by atoms with Crippen LogP contribution in [0.1, 0.15) is 18.1 Å². The molecule has 0 spiro atoms. The minimum absolute atomic E-state index is 0.0535. The van der Waals surface area contributed by atoms with E-state index in [1.807, 2.05) is 0 Å². The zero-order valence-electron chi connectivity index (χ0n) is 16.4. The molecule has 2 N–H and O–H groups in total. The number of hydrogen-bond acceptors (Lipinski definition) is 4. The largest absolute Gasteiger partial charge is 0.467 e. The third-order valence-corrected chi connectivity index (χ3v) is 5.27. The molecule has 0 unspecified atom stereocenters. The van der Waals surface area contributed by atoms with Gasteiger partial charge in [0.1, 0.15) is 17.9 Å². The molecule has 6 nitrogen and oxygen atoms in total. The minimum Gasteiger partial charge on any atom is -0.467 e. The summed E-state index contributed by atoms with van der Waals surface area (Å²) >= 11 is 9.42. The number of amides is 2. The molecule has 0 saturated carbocycles. The molecule has 0 heterocycles. The number of rotatable bonds is 8. The molecule has 9 heteroatoms. The third kappa shape index (κ3) is 7.11. The van der Waals surface area contributed by atoms with Crippen LogP contribution in [0.15, 0.2) is 46.9 Å². The summed E-state index contributed by atoms with van der Waals surface area (Å²) in [6.07, 6.45) is 0.171. The van der Waals surface area contributed by atoms with Crippen LogP contribution in [-0.4, -0.2) is 37.0 Å². The van der Waals surface area contributed by atoms with Gasteiger partial charge in [0.25, 0.3) is 0 Å². The molecule has 2 aromatic carbocycles. The van der Waals surface area contributed by atoms with Gasteiger partial charge in [0.05, 0.1) is 7.11 Å². The second-order valence-corrected chi connectivity index (χ2v) is 7.90. The van der Waals surface area contributed by atoms with Crippen molar-refractivity contribution in [3.8, 4) is 0 Å². The highest BCUT2D eigenvalue weighted by molar-refractivity contribution is 9.10. The lowest BCUT2D eigenvalue weighted by Crippen LogP contribution is -2.53. The van der Waals surface area contributed by atoms with Gasteiger partial charge in [0.2, 0.25) is 11.8 Å². The van der Waals surface area contributed by atoms with Crippen molar-refractivity contribution in [2.24, 2.45) is 0 Å². The fourth-order valence-electron chi connectivity index (χ4n) is 2.88. The van der Waals surface area contributed by atoms with Gasteiger partial charge in [-0.1, -0.05) is 39.7 Å². The van der Waals surface area contributed by atoms with E-state index >= 15 is 0 Å². The molecule has 2 amide bonds. The lowest BCUT2D eigenvalue weighted by Gasteiger charge is -2.22. The van der Waals surface area contributed by atoms with E-state index in [0.29, 0.717) is 20.6 Å². The van der Waals surface area contributed by atoms with Crippen LogP contribution in [0.2, 0.25) is 5.02 Å². The van der Waals surface area contributed by atoms with E-state index in [-0.39, 0.29) is 12.8 Å². The number of ether oxygens (including phenoxy) is 1. The lowest BCUT2D eigenvalue weighted by atomic mass is 10.0. The van der Waals surface area contributed by atoms with Crippen LogP contribution in [-0.2, 0) is 32.0 Å². The molecule has 0 radical (unpaired) electrons. The molecule has 0 bridgehead atoms. The summed E-state index contributed by atoms with van der Waals surface area (Å²) in [4.78, 5) is 36.7. The molecule has 2 rings (SSSR count). The Labute approximate surface area is 187 Å². The third-order valence-electron chi connectivity index (χ3n) is 4.26. The minimum atomic E-state index is -1.01. The number of halogens is 3. The fraction of sp³-hybridized carbons (Fsp3) is 0.286. The molecule has 30 heavy (non-hydrogen) atoms. The Morgan fingerprint density at radius 2 is 1.83 bits per heavy atom. The van der Waals surface area contributed by atoms with E-state index in [0.717, 1.165) is 0 Å². The normalized spacial score (nSPS) is 12.6. The highest BCUT2D eigenvalue weighted by Crippen LogP contribution is 2.22. The quantitative estimate of drug-likeness (QED) is 0.547. The smallest absolute Gasteiger partial charge is 0.328 e. The van der Waals surface area contributed by atoms with Gasteiger partial charge in [-0.25, -0.2) is 9.18 Å². The van der Waals surface area contributed by atoms with Crippen LogP contribution >= 0.6 is 27.5 Å². The van der Waals surface area contributed by atoms with Gasteiger partial charge in [0.15, 0.2) is 0 Å². The topological polar surface area (TPSA) is 84.5 Å². The van der Waals surface area contributed by atoms with E-state index in [4.69, 9.17) is 16.3 Å².